The first-order valence-electron chi connectivity index (χ1n) is 62.1. The van der Waals surface area contributed by atoms with Gasteiger partial charge >= 0.3 is 0 Å². The van der Waals surface area contributed by atoms with Gasteiger partial charge in [-0.15, -0.1) is 0 Å². The highest BCUT2D eigenvalue weighted by molar-refractivity contribution is 6.01. The van der Waals surface area contributed by atoms with Crippen molar-refractivity contribution in [3.63, 3.8) is 0 Å². The van der Waals surface area contributed by atoms with Gasteiger partial charge in [-0.3, -0.25) is 9.78 Å². The number of rotatable bonds is 2. The van der Waals surface area contributed by atoms with Gasteiger partial charge in [0, 0.05) is 35.8 Å². The van der Waals surface area contributed by atoms with E-state index in [1.165, 1.54) is 338 Å². The van der Waals surface area contributed by atoms with E-state index in [-0.39, 0.29) is 0 Å². The van der Waals surface area contributed by atoms with E-state index in [1.807, 2.05) is 133 Å². The summed E-state index contributed by atoms with van der Waals surface area (Å²) in [5, 5.41) is 3.62. The Morgan fingerprint density at radius 3 is 1.06 bits per heavy atom. The summed E-state index contributed by atoms with van der Waals surface area (Å²) in [5.74, 6) is 17.0. The highest BCUT2D eigenvalue weighted by atomic mass is 16.1. The number of aryl methyl sites for hydroxylation is 6. The third-order valence-corrected chi connectivity index (χ3v) is 35.0. The van der Waals surface area contributed by atoms with E-state index in [0.29, 0.717) is 24.0 Å². The zero-order valence-corrected chi connectivity index (χ0v) is 94.8. The SMILES string of the molecule is C1=CC2CCCC(C1)CCC2.C1=CCCCC1.C1C2CC3CC1CC(C2)C3.C1CC2CCC1C2.C1CC2CCCC(C1)CCC2.C1CCC2CCCCC2C1.C1CCC2NCCCC2C1.CC.CC.CC.CC.CC.CC.CC.CC1CC(=O)c2ccccc21.CC1c2ccccc2-c2ccccc21.CCCC1CCC1.c1ccc2c(c1)CCC2.c1ccc2c(c1)CCCC2.c1cnc2c(c1)CCCC2. The molecule has 3 nitrogen and oxygen atoms in total. The Bertz CT molecular complexity index is 3730. The van der Waals surface area contributed by atoms with Crippen molar-refractivity contribution in [1.82, 2.24) is 10.3 Å². The second-order valence-electron chi connectivity index (χ2n) is 44.3. The lowest BCUT2D eigenvalue weighted by atomic mass is 9.56. The Morgan fingerprint density at radius 2 is 0.664 bits per heavy atom. The molecule has 14 saturated carbocycles. The molecular weight excluding hydrogens is 1690 g/mol. The number of fused-ring (bicyclic) bond motifs is 22. The van der Waals surface area contributed by atoms with Crippen molar-refractivity contribution in [3.8, 4) is 11.1 Å². The predicted octanol–water partition coefficient (Wildman–Crippen LogP) is 42.4. The summed E-state index contributed by atoms with van der Waals surface area (Å²) in [4.78, 5) is 15.6. The number of carbonyl (C=O) groups excluding carboxylic acids is 1. The van der Waals surface area contributed by atoms with E-state index in [9.17, 15) is 4.79 Å². The van der Waals surface area contributed by atoms with Gasteiger partial charge in [-0.25, -0.2) is 0 Å². The number of piperidine rings is 1. The smallest absolute Gasteiger partial charge is 0.163 e. The van der Waals surface area contributed by atoms with E-state index in [4.69, 9.17) is 0 Å². The van der Waals surface area contributed by atoms with E-state index in [0.717, 1.165) is 58.9 Å². The lowest BCUT2D eigenvalue weighted by Crippen LogP contribution is -2.42. The second-order valence-corrected chi connectivity index (χ2v) is 44.3. The van der Waals surface area contributed by atoms with Crippen LogP contribution in [-0.2, 0) is 38.5 Å². The molecule has 6 aromatic rings. The van der Waals surface area contributed by atoms with Crippen molar-refractivity contribution < 1.29 is 4.79 Å². The molecule has 10 bridgehead atoms. The van der Waals surface area contributed by atoms with Crippen LogP contribution in [0.2, 0.25) is 0 Å². The van der Waals surface area contributed by atoms with Crippen LogP contribution in [0, 0.1) is 82.9 Å². The number of carbonyl (C=O) groups is 1. The van der Waals surface area contributed by atoms with Gasteiger partial charge in [0.2, 0.25) is 0 Å². The van der Waals surface area contributed by atoms with E-state index < -0.39 is 0 Å². The van der Waals surface area contributed by atoms with Crippen molar-refractivity contribution in [2.45, 2.75) is 534 Å². The first-order chi connectivity index (χ1) is 69.2. The predicted molar refractivity (Wildman–Crippen MR) is 621 cm³/mol. The van der Waals surface area contributed by atoms with Gasteiger partial charge in [-0.05, 0) is 343 Å². The molecule has 1 N–H and O–H groups in total. The van der Waals surface area contributed by atoms with Crippen LogP contribution in [0.4, 0.5) is 0 Å². The molecule has 0 amide bonds. The minimum Gasteiger partial charge on any atom is -0.314 e. The normalized spacial score (nSPS) is 27.1. The molecule has 23 aliphatic rings. The van der Waals surface area contributed by atoms with Crippen LogP contribution in [0.5, 0.6) is 0 Å². The summed E-state index contributed by atoms with van der Waals surface area (Å²) < 4.78 is 0. The number of hydrogen-bond donors (Lipinski definition) is 1. The van der Waals surface area contributed by atoms with Crippen LogP contribution < -0.4 is 5.32 Å². The fourth-order valence-corrected chi connectivity index (χ4v) is 27.7. The molecule has 15 fully saturated rings. The highest BCUT2D eigenvalue weighted by Crippen LogP contribution is 2.54. The fraction of sp³-hybridized carbons (Fsp3) is 0.708. The highest BCUT2D eigenvalue weighted by Gasteiger charge is 2.42. The van der Waals surface area contributed by atoms with Crippen molar-refractivity contribution >= 4 is 5.78 Å². The van der Waals surface area contributed by atoms with Gasteiger partial charge in [0.05, 0.1) is 0 Å². The van der Waals surface area contributed by atoms with Crippen LogP contribution in [0.15, 0.2) is 164 Å². The topological polar surface area (TPSA) is 42.0 Å². The number of benzene rings is 5. The van der Waals surface area contributed by atoms with Crippen molar-refractivity contribution in [3.05, 3.63) is 220 Å². The summed E-state index contributed by atoms with van der Waals surface area (Å²) in [6, 6.07) is 48.0. The average Bonchev–Trinajstić information content (AvgIpc) is 1.71. The minimum atomic E-state index is 0.299. The van der Waals surface area contributed by atoms with Gasteiger partial charge in [-0.1, -0.05) is 475 Å². The van der Waals surface area contributed by atoms with E-state index in [2.05, 4.69) is 159 Å². The van der Waals surface area contributed by atoms with Crippen LogP contribution >= 0.6 is 0 Å². The van der Waals surface area contributed by atoms with Crippen molar-refractivity contribution in [1.29, 1.82) is 0 Å². The number of pyridine rings is 1. The molecule has 0 radical (unpaired) electrons. The Balaban J connectivity index is 0.000000205. The standard InChI is InChI=1S/C14H12.C11H20.C11H18.C10H10O.C10H16.C10H18.C10H12.C9H17N.C9H11N.C9H10.C7H12.C7H14.C6H10.7C2H6/c1-10-11-6-2-4-8-13(11)14-9-5-3-7-12(10)14;2*1-4-10-6-2-7-11(5-1)9-3-8-10;1-7-6-10(11)9-5-3-2-4-8(7)9;1-7-2-9-4-8(1)5-10(3-7)6-9;2*1-2-6-10-8-4-3-7-9(10)5-1;2*1-2-6-9-8(4-1)5-3-7-10-9;1-2-5-9-7-3-6-8(9)4-1;1-2-7-4-3-6(1)5-7;1-2-4-7-5-3-6-7;1-2-4-6-5-3-1;7*1-2/h2-10H,1H3;10-11H,1-9H2;1,4,10-11H,2-3,5-9H2;2-5,7H,6H2,1H3;7-10H,1-6H2;9-10H,1-8H2;1-2,5-6H,3-4,7-8H2;8-10H,1-7H2;3,5,7H,1-2,4,6H2;1-2,4-5H,3,6-7H2;6-7H,1-5H2;7H,2-6H2,1H3;1-2H,3-6H2;7*1-2H3. The lowest BCUT2D eigenvalue weighted by Gasteiger charge is -2.49. The summed E-state index contributed by atoms with van der Waals surface area (Å²) in [7, 11) is 0. The van der Waals surface area contributed by atoms with Gasteiger partial charge in [0.15, 0.2) is 5.78 Å². The number of ketones is 1. The molecule has 140 heavy (non-hydrogen) atoms. The summed E-state index contributed by atoms with van der Waals surface area (Å²) >= 11 is 0. The maximum Gasteiger partial charge on any atom is 0.163 e. The summed E-state index contributed by atoms with van der Waals surface area (Å²) in [6.45, 7) is 35.9. The number of aromatic nitrogens is 1. The first-order valence-corrected chi connectivity index (χ1v) is 62.1. The monoisotopic (exact) mass is 1910 g/mol. The van der Waals surface area contributed by atoms with Gasteiger partial charge in [0.1, 0.15) is 0 Å². The first kappa shape index (κ1) is 121. The summed E-state index contributed by atoms with van der Waals surface area (Å²) in [5.41, 5.74) is 17.0. The number of Topliss-reactive ketones (excluding diaryl/α,β-unsaturated/α-hetero) is 1. The van der Waals surface area contributed by atoms with Gasteiger partial charge < -0.3 is 5.32 Å². The van der Waals surface area contributed by atoms with Crippen LogP contribution in [-0.4, -0.2) is 23.4 Å². The Hall–Kier alpha value is -5.64. The molecule has 5 aromatic carbocycles. The molecule has 0 spiro atoms. The number of hydrogen-bond acceptors (Lipinski definition) is 3. The number of nitrogens with zero attached hydrogens (tertiary/aromatic N) is 1. The molecule has 1 aliphatic heterocycles. The molecule has 1 aromatic heterocycles. The van der Waals surface area contributed by atoms with Crippen LogP contribution in [0.1, 0.15) is 550 Å². The zero-order chi connectivity index (χ0) is 100. The number of nitrogens with one attached hydrogen (secondary N) is 1. The third kappa shape index (κ3) is 43.4. The van der Waals surface area contributed by atoms with E-state index >= 15 is 0 Å². The van der Waals surface area contributed by atoms with Gasteiger partial charge in [-0.2, -0.15) is 0 Å². The van der Waals surface area contributed by atoms with Crippen LogP contribution in [0.3, 0.4) is 0 Å². The Morgan fingerprint density at radius 1 is 0.300 bits per heavy atom. The Labute approximate surface area is 868 Å². The quantitative estimate of drug-likeness (QED) is 0.176. The molecule has 29 rings (SSSR count). The van der Waals surface area contributed by atoms with Gasteiger partial charge in [0.25, 0.3) is 0 Å². The fourth-order valence-electron chi connectivity index (χ4n) is 27.7. The van der Waals surface area contributed by atoms with Crippen LogP contribution in [0.25, 0.3) is 11.1 Å². The maximum atomic E-state index is 11.3. The molecule has 786 valence electrons. The Kier molecular flexibility index (Phi) is 65.1. The maximum absolute atomic E-state index is 11.3. The third-order valence-electron chi connectivity index (χ3n) is 35.0. The molecule has 22 aliphatic carbocycles. The van der Waals surface area contributed by atoms with E-state index in [1.54, 1.807) is 157 Å². The second kappa shape index (κ2) is 75.1. The molecule has 3 heteroatoms. The van der Waals surface area contributed by atoms with Crippen molar-refractivity contribution in [2.75, 3.05) is 6.54 Å². The lowest BCUT2D eigenvalue weighted by molar-refractivity contribution is 0.0198. The minimum absolute atomic E-state index is 0.299. The van der Waals surface area contributed by atoms with Crippen molar-refractivity contribution in [2.24, 2.45) is 82.9 Å². The molecule has 2 heterocycles. The molecular formula is C137H222N2O. The average molecular weight is 1910 g/mol. The molecule has 1 saturated heterocycles. The zero-order valence-electron chi connectivity index (χ0n) is 94.8. The largest absolute Gasteiger partial charge is 0.314 e. The molecule has 3 atom stereocenters. The summed E-state index contributed by atoms with van der Waals surface area (Å²) in [6.07, 6.45) is 102. The number of allylic oxidation sites excluding steroid dienone is 4. The molecule has 3 unspecified atom stereocenters.